The molecule has 0 aliphatic carbocycles. The van der Waals surface area contributed by atoms with E-state index < -0.39 is 9.84 Å². The fourth-order valence-electron chi connectivity index (χ4n) is 3.49. The van der Waals surface area contributed by atoms with Gasteiger partial charge in [-0.15, -0.1) is 0 Å². The zero-order chi connectivity index (χ0) is 14.1. The van der Waals surface area contributed by atoms with Gasteiger partial charge in [0.25, 0.3) is 0 Å². The molecule has 0 bridgehead atoms. The van der Waals surface area contributed by atoms with Crippen molar-refractivity contribution in [3.05, 3.63) is 0 Å². The lowest BCUT2D eigenvalue weighted by Crippen LogP contribution is -2.63. The van der Waals surface area contributed by atoms with Crippen molar-refractivity contribution in [3.8, 4) is 0 Å². The van der Waals surface area contributed by atoms with Crippen LogP contribution in [0, 0.1) is 5.92 Å². The van der Waals surface area contributed by atoms with Crippen LogP contribution in [0.2, 0.25) is 0 Å². The maximum Gasteiger partial charge on any atom is 0.152 e. The second-order valence-corrected chi connectivity index (χ2v) is 8.29. The molecule has 0 aromatic heterocycles. The van der Waals surface area contributed by atoms with E-state index in [-0.39, 0.29) is 17.4 Å². The summed E-state index contributed by atoms with van der Waals surface area (Å²) < 4.78 is 29.5. The van der Waals surface area contributed by atoms with Crippen molar-refractivity contribution in [2.45, 2.75) is 37.8 Å². The van der Waals surface area contributed by atoms with Gasteiger partial charge in [-0.25, -0.2) is 8.42 Å². The van der Waals surface area contributed by atoms with E-state index in [0.29, 0.717) is 18.2 Å². The van der Waals surface area contributed by atoms with Crippen molar-refractivity contribution in [1.29, 1.82) is 0 Å². The van der Waals surface area contributed by atoms with Crippen LogP contribution in [0.15, 0.2) is 0 Å². The Bertz CT molecular complexity index is 412. The number of hydrogen-bond donors (Lipinski definition) is 1. The molecule has 6 heteroatoms. The van der Waals surface area contributed by atoms with E-state index in [9.17, 15) is 8.42 Å². The van der Waals surface area contributed by atoms with Crippen LogP contribution in [-0.2, 0) is 14.6 Å². The molecule has 0 aromatic rings. The Morgan fingerprint density at radius 2 is 2.21 bits per heavy atom. The lowest BCUT2D eigenvalue weighted by atomic mass is 9.87. The summed E-state index contributed by atoms with van der Waals surface area (Å²) in [6.45, 7) is 4.33. The summed E-state index contributed by atoms with van der Waals surface area (Å²) in [5.41, 5.74) is 5.60. The van der Waals surface area contributed by atoms with Crippen LogP contribution in [0.4, 0.5) is 0 Å². The summed E-state index contributed by atoms with van der Waals surface area (Å²) in [7, 11) is -1.22. The number of piperidine rings is 1. The zero-order valence-electron chi connectivity index (χ0n) is 12.0. The van der Waals surface area contributed by atoms with Gasteiger partial charge in [-0.2, -0.15) is 0 Å². The SMILES string of the molecule is COC1CN(C2(CN)CCCS(=O)(=O)C2)CCC1C. The molecular formula is C13H26N2O3S. The third kappa shape index (κ3) is 3.12. The molecule has 2 rings (SSSR count). The van der Waals surface area contributed by atoms with Gasteiger partial charge in [0.2, 0.25) is 0 Å². The Kier molecular flexibility index (Phi) is 4.55. The molecule has 0 radical (unpaired) electrons. The number of nitrogens with zero attached hydrogens (tertiary/aromatic N) is 1. The summed E-state index contributed by atoms with van der Waals surface area (Å²) in [6, 6.07) is 0. The van der Waals surface area contributed by atoms with Gasteiger partial charge in [-0.1, -0.05) is 6.92 Å². The van der Waals surface area contributed by atoms with Crippen LogP contribution < -0.4 is 5.73 Å². The Labute approximate surface area is 116 Å². The second-order valence-electron chi connectivity index (χ2n) is 6.11. The van der Waals surface area contributed by atoms with Gasteiger partial charge in [0.1, 0.15) is 0 Å². The predicted octanol–water partition coefficient (Wildman–Crippen LogP) is 0.249. The fourth-order valence-corrected chi connectivity index (χ4v) is 5.48. The van der Waals surface area contributed by atoms with Gasteiger partial charge in [-0.05, 0) is 31.7 Å². The number of rotatable bonds is 3. The maximum absolute atomic E-state index is 12.0. The molecule has 3 unspecified atom stereocenters. The minimum absolute atomic E-state index is 0.182. The zero-order valence-corrected chi connectivity index (χ0v) is 12.8. The Morgan fingerprint density at radius 1 is 1.47 bits per heavy atom. The third-order valence-electron chi connectivity index (χ3n) is 4.83. The van der Waals surface area contributed by atoms with E-state index in [1.807, 2.05) is 0 Å². The molecule has 0 saturated carbocycles. The van der Waals surface area contributed by atoms with Gasteiger partial charge >= 0.3 is 0 Å². The highest BCUT2D eigenvalue weighted by atomic mass is 32.2. The molecule has 0 aromatic carbocycles. The topological polar surface area (TPSA) is 72.6 Å². The summed E-state index contributed by atoms with van der Waals surface area (Å²) >= 11 is 0. The van der Waals surface area contributed by atoms with E-state index in [1.165, 1.54) is 0 Å². The van der Waals surface area contributed by atoms with Gasteiger partial charge in [-0.3, -0.25) is 4.90 Å². The monoisotopic (exact) mass is 290 g/mol. The van der Waals surface area contributed by atoms with Crippen LogP contribution >= 0.6 is 0 Å². The summed E-state index contributed by atoms with van der Waals surface area (Å²) in [5, 5.41) is 0. The van der Waals surface area contributed by atoms with E-state index in [4.69, 9.17) is 10.5 Å². The molecule has 2 N–H and O–H groups in total. The highest BCUT2D eigenvalue weighted by Gasteiger charge is 2.44. The third-order valence-corrected chi connectivity index (χ3v) is 6.72. The van der Waals surface area contributed by atoms with Gasteiger partial charge in [0.15, 0.2) is 9.84 Å². The summed E-state index contributed by atoms with van der Waals surface area (Å²) in [4.78, 5) is 2.28. The Balaban J connectivity index is 2.17. The minimum Gasteiger partial charge on any atom is -0.380 e. The molecule has 2 aliphatic rings. The number of methoxy groups -OCH3 is 1. The molecule has 2 fully saturated rings. The van der Waals surface area contributed by atoms with Crippen LogP contribution in [0.25, 0.3) is 0 Å². The fraction of sp³-hybridized carbons (Fsp3) is 1.00. The van der Waals surface area contributed by atoms with Crippen LogP contribution in [0.5, 0.6) is 0 Å². The minimum atomic E-state index is -2.95. The standard InChI is InChI=1S/C13H26N2O3S/c1-11-4-6-15(8-12(11)18-2)13(9-14)5-3-7-19(16,17)10-13/h11-12H,3-10,14H2,1-2H3. The second kappa shape index (κ2) is 5.68. The molecule has 5 nitrogen and oxygen atoms in total. The summed E-state index contributed by atoms with van der Waals surface area (Å²) in [5.74, 6) is 1.05. The quantitative estimate of drug-likeness (QED) is 0.806. The average molecular weight is 290 g/mol. The van der Waals surface area contributed by atoms with Crippen LogP contribution in [0.3, 0.4) is 0 Å². The van der Waals surface area contributed by atoms with Crippen LogP contribution in [-0.4, -0.2) is 63.2 Å². The molecule has 2 heterocycles. The largest absolute Gasteiger partial charge is 0.380 e. The normalized spacial score (nSPS) is 40.2. The van der Waals surface area contributed by atoms with Crippen molar-refractivity contribution in [2.24, 2.45) is 11.7 Å². The molecule has 2 saturated heterocycles. The number of sulfone groups is 1. The highest BCUT2D eigenvalue weighted by molar-refractivity contribution is 7.91. The first-order valence-corrected chi connectivity index (χ1v) is 8.93. The molecule has 2 aliphatic heterocycles. The average Bonchev–Trinajstić information content (AvgIpc) is 2.38. The first-order valence-electron chi connectivity index (χ1n) is 7.11. The molecule has 0 spiro atoms. The van der Waals surface area contributed by atoms with Crippen LogP contribution in [0.1, 0.15) is 26.2 Å². The van der Waals surface area contributed by atoms with Crippen molar-refractivity contribution in [3.63, 3.8) is 0 Å². The van der Waals surface area contributed by atoms with E-state index in [2.05, 4.69) is 11.8 Å². The number of hydrogen-bond acceptors (Lipinski definition) is 5. The van der Waals surface area contributed by atoms with Gasteiger partial charge < -0.3 is 10.5 Å². The molecular weight excluding hydrogens is 264 g/mol. The van der Waals surface area contributed by atoms with Gasteiger partial charge in [0.05, 0.1) is 17.6 Å². The van der Waals surface area contributed by atoms with Gasteiger partial charge in [0, 0.05) is 25.7 Å². The lowest BCUT2D eigenvalue weighted by Gasteiger charge is -2.49. The molecule has 0 amide bonds. The van der Waals surface area contributed by atoms with Crippen molar-refractivity contribution in [1.82, 2.24) is 4.90 Å². The van der Waals surface area contributed by atoms with E-state index in [0.717, 1.165) is 32.4 Å². The van der Waals surface area contributed by atoms with E-state index >= 15 is 0 Å². The Morgan fingerprint density at radius 3 is 2.79 bits per heavy atom. The number of nitrogens with two attached hydrogens (primary N) is 1. The number of ether oxygens (including phenoxy) is 1. The molecule has 3 atom stereocenters. The predicted molar refractivity (Wildman–Crippen MR) is 75.8 cm³/mol. The number of likely N-dealkylation sites (tertiary alicyclic amines) is 1. The lowest BCUT2D eigenvalue weighted by molar-refractivity contribution is -0.0421. The van der Waals surface area contributed by atoms with Crippen molar-refractivity contribution >= 4 is 9.84 Å². The maximum atomic E-state index is 12.0. The highest BCUT2D eigenvalue weighted by Crippen LogP contribution is 2.32. The van der Waals surface area contributed by atoms with E-state index in [1.54, 1.807) is 7.11 Å². The summed E-state index contributed by atoms with van der Waals surface area (Å²) in [6.07, 6.45) is 2.83. The molecule has 112 valence electrons. The van der Waals surface area contributed by atoms with Crippen molar-refractivity contribution in [2.75, 3.05) is 38.2 Å². The smallest absolute Gasteiger partial charge is 0.152 e. The van der Waals surface area contributed by atoms with Crippen molar-refractivity contribution < 1.29 is 13.2 Å². The Hall–Kier alpha value is -0.170. The molecule has 19 heavy (non-hydrogen) atoms. The first-order chi connectivity index (χ1) is 8.92. The first kappa shape index (κ1) is 15.2.